The van der Waals surface area contributed by atoms with Crippen molar-refractivity contribution in [3.63, 3.8) is 0 Å². The fraction of sp³-hybridized carbons (Fsp3) is 0.583. The lowest BCUT2D eigenvalue weighted by Crippen LogP contribution is -2.28. The lowest BCUT2D eigenvalue weighted by molar-refractivity contribution is -0.123. The largest absolute Gasteiger partial charge is 0.309 e. The zero-order valence-corrected chi connectivity index (χ0v) is 11.0. The topological polar surface area (TPSA) is 70.7 Å². The maximum atomic E-state index is 11.9. The van der Waals surface area contributed by atoms with Crippen LogP contribution in [0.3, 0.4) is 0 Å². The summed E-state index contributed by atoms with van der Waals surface area (Å²) >= 11 is 0. The molecule has 1 amide bonds. The van der Waals surface area contributed by atoms with Gasteiger partial charge in [-0.15, -0.1) is 0 Å². The van der Waals surface area contributed by atoms with Crippen LogP contribution < -0.4 is 5.32 Å². The number of nitrogens with zero attached hydrogens (tertiary/aromatic N) is 3. The van der Waals surface area contributed by atoms with Crippen LogP contribution in [0.2, 0.25) is 0 Å². The number of carbonyl (C=O) groups is 1. The van der Waals surface area contributed by atoms with Gasteiger partial charge in [0.1, 0.15) is 17.5 Å². The molecule has 0 aromatic carbocycles. The molecule has 92 valence electrons. The lowest BCUT2D eigenvalue weighted by atomic mass is 9.95. The molecule has 1 N–H and O–H groups in total. The molecular weight excluding hydrogens is 216 g/mol. The molecule has 0 saturated carbocycles. The van der Waals surface area contributed by atoms with Crippen LogP contribution >= 0.6 is 0 Å². The van der Waals surface area contributed by atoms with E-state index in [1.54, 1.807) is 11.7 Å². The molecule has 1 heterocycles. The Labute approximate surface area is 101 Å². The van der Waals surface area contributed by atoms with Gasteiger partial charge in [0.05, 0.1) is 5.69 Å². The Morgan fingerprint density at radius 1 is 1.53 bits per heavy atom. The van der Waals surface area contributed by atoms with E-state index in [9.17, 15) is 4.79 Å². The van der Waals surface area contributed by atoms with Gasteiger partial charge in [-0.25, -0.2) is 0 Å². The fourth-order valence-corrected chi connectivity index (χ4v) is 1.38. The van der Waals surface area contributed by atoms with Crippen molar-refractivity contribution in [3.8, 4) is 6.07 Å². The molecule has 5 nitrogen and oxygen atoms in total. The van der Waals surface area contributed by atoms with Crippen molar-refractivity contribution >= 4 is 11.7 Å². The number of nitrogens with one attached hydrogen (secondary N) is 1. The average Bonchev–Trinajstić information content (AvgIpc) is 2.53. The normalized spacial score (nSPS) is 11.1. The van der Waals surface area contributed by atoms with Crippen molar-refractivity contribution in [2.24, 2.45) is 12.5 Å². The Kier molecular flexibility index (Phi) is 3.56. The first-order valence-electron chi connectivity index (χ1n) is 5.58. The van der Waals surface area contributed by atoms with Crippen LogP contribution in [-0.2, 0) is 18.3 Å². The highest BCUT2D eigenvalue weighted by molar-refractivity contribution is 5.94. The Balaban J connectivity index is 3.12. The summed E-state index contributed by atoms with van der Waals surface area (Å²) in [5.74, 6) is 0.351. The summed E-state index contributed by atoms with van der Waals surface area (Å²) in [5.41, 5.74) is 0.662. The number of hydrogen-bond donors (Lipinski definition) is 1. The predicted octanol–water partition coefficient (Wildman–Crippen LogP) is 1.84. The zero-order valence-electron chi connectivity index (χ0n) is 11.0. The number of hydrogen-bond acceptors (Lipinski definition) is 3. The SMILES string of the molecule is CCc1nn(C)c(NC(=O)C(C)(C)C)c1C#N. The van der Waals surface area contributed by atoms with Gasteiger partial charge >= 0.3 is 0 Å². The lowest BCUT2D eigenvalue weighted by Gasteiger charge is -2.17. The smallest absolute Gasteiger partial charge is 0.230 e. The van der Waals surface area contributed by atoms with E-state index in [0.29, 0.717) is 23.5 Å². The third-order valence-electron chi connectivity index (χ3n) is 2.48. The first-order valence-corrected chi connectivity index (χ1v) is 5.58. The molecule has 0 aliphatic rings. The van der Waals surface area contributed by atoms with E-state index in [4.69, 9.17) is 5.26 Å². The molecule has 0 atom stereocenters. The monoisotopic (exact) mass is 234 g/mol. The van der Waals surface area contributed by atoms with Crippen molar-refractivity contribution in [2.45, 2.75) is 34.1 Å². The molecule has 1 rings (SSSR count). The van der Waals surface area contributed by atoms with Gasteiger partial charge in [0, 0.05) is 12.5 Å². The van der Waals surface area contributed by atoms with Crippen LogP contribution in [0.25, 0.3) is 0 Å². The Morgan fingerprint density at radius 2 is 2.12 bits per heavy atom. The molecule has 5 heteroatoms. The summed E-state index contributed by atoms with van der Waals surface area (Å²) in [6.45, 7) is 7.40. The van der Waals surface area contributed by atoms with E-state index in [-0.39, 0.29) is 5.91 Å². The molecule has 1 aromatic rings. The van der Waals surface area contributed by atoms with Gasteiger partial charge < -0.3 is 5.32 Å². The van der Waals surface area contributed by atoms with Crippen molar-refractivity contribution < 1.29 is 4.79 Å². The summed E-state index contributed by atoms with van der Waals surface area (Å²) in [4.78, 5) is 11.9. The van der Waals surface area contributed by atoms with Gasteiger partial charge in [0.15, 0.2) is 0 Å². The van der Waals surface area contributed by atoms with E-state index in [1.165, 1.54) is 0 Å². The van der Waals surface area contributed by atoms with E-state index in [2.05, 4.69) is 16.5 Å². The Morgan fingerprint density at radius 3 is 2.53 bits per heavy atom. The van der Waals surface area contributed by atoms with E-state index < -0.39 is 5.41 Å². The Hall–Kier alpha value is -1.83. The minimum absolute atomic E-state index is 0.125. The number of rotatable bonds is 2. The molecule has 0 fully saturated rings. The third-order valence-corrected chi connectivity index (χ3v) is 2.48. The van der Waals surface area contributed by atoms with E-state index in [1.807, 2.05) is 27.7 Å². The van der Waals surface area contributed by atoms with Gasteiger partial charge in [-0.1, -0.05) is 27.7 Å². The minimum Gasteiger partial charge on any atom is -0.309 e. The number of nitriles is 1. The predicted molar refractivity (Wildman–Crippen MR) is 65.4 cm³/mol. The second-order valence-electron chi connectivity index (χ2n) is 4.96. The quantitative estimate of drug-likeness (QED) is 0.848. The van der Waals surface area contributed by atoms with Crippen LogP contribution in [0.15, 0.2) is 0 Å². The number of carbonyl (C=O) groups excluding carboxylic acids is 1. The fourth-order valence-electron chi connectivity index (χ4n) is 1.38. The van der Waals surface area contributed by atoms with Gasteiger partial charge in [-0.3, -0.25) is 9.48 Å². The number of anilines is 1. The second-order valence-corrected chi connectivity index (χ2v) is 4.96. The van der Waals surface area contributed by atoms with Gasteiger partial charge in [0.25, 0.3) is 0 Å². The van der Waals surface area contributed by atoms with Gasteiger partial charge in [0.2, 0.25) is 5.91 Å². The standard InChI is InChI=1S/C12H18N4O/c1-6-9-8(7-13)10(16(5)15-9)14-11(17)12(2,3)4/h6H2,1-5H3,(H,14,17). The number of aryl methyl sites for hydroxylation is 2. The van der Waals surface area contributed by atoms with Crippen molar-refractivity contribution in [2.75, 3.05) is 5.32 Å². The maximum absolute atomic E-state index is 11.9. The molecule has 0 unspecified atom stereocenters. The highest BCUT2D eigenvalue weighted by atomic mass is 16.2. The summed E-state index contributed by atoms with van der Waals surface area (Å²) < 4.78 is 1.54. The number of aromatic nitrogens is 2. The highest BCUT2D eigenvalue weighted by Crippen LogP contribution is 2.22. The average molecular weight is 234 g/mol. The van der Waals surface area contributed by atoms with E-state index in [0.717, 1.165) is 0 Å². The van der Waals surface area contributed by atoms with Crippen LogP contribution in [0.1, 0.15) is 39.0 Å². The summed E-state index contributed by atoms with van der Waals surface area (Å²) in [5, 5.41) is 16.1. The van der Waals surface area contributed by atoms with Crippen LogP contribution in [-0.4, -0.2) is 15.7 Å². The van der Waals surface area contributed by atoms with Gasteiger partial charge in [-0.05, 0) is 6.42 Å². The van der Waals surface area contributed by atoms with Crippen LogP contribution in [0.4, 0.5) is 5.82 Å². The summed E-state index contributed by atoms with van der Waals surface area (Å²) in [7, 11) is 1.72. The first-order chi connectivity index (χ1) is 7.81. The van der Waals surface area contributed by atoms with E-state index >= 15 is 0 Å². The van der Waals surface area contributed by atoms with Crippen molar-refractivity contribution in [3.05, 3.63) is 11.3 Å². The minimum atomic E-state index is -0.497. The molecule has 0 aliphatic heterocycles. The molecule has 0 saturated heterocycles. The molecule has 0 radical (unpaired) electrons. The summed E-state index contributed by atoms with van der Waals surface area (Å²) in [6.07, 6.45) is 0.669. The zero-order chi connectivity index (χ0) is 13.2. The molecule has 0 spiro atoms. The molecule has 0 aliphatic carbocycles. The molecule has 1 aromatic heterocycles. The highest BCUT2D eigenvalue weighted by Gasteiger charge is 2.24. The second kappa shape index (κ2) is 4.58. The Bertz CT molecular complexity index is 474. The molecule has 0 bridgehead atoms. The molecule has 17 heavy (non-hydrogen) atoms. The van der Waals surface area contributed by atoms with Gasteiger partial charge in [-0.2, -0.15) is 10.4 Å². The summed E-state index contributed by atoms with van der Waals surface area (Å²) in [6, 6.07) is 2.09. The third kappa shape index (κ3) is 2.64. The first kappa shape index (κ1) is 13.2. The van der Waals surface area contributed by atoms with Crippen molar-refractivity contribution in [1.29, 1.82) is 5.26 Å². The number of amides is 1. The molecular formula is C12H18N4O. The van der Waals surface area contributed by atoms with Crippen LogP contribution in [0.5, 0.6) is 0 Å². The van der Waals surface area contributed by atoms with Crippen molar-refractivity contribution in [1.82, 2.24) is 9.78 Å². The van der Waals surface area contributed by atoms with Crippen LogP contribution in [0, 0.1) is 16.7 Å². The maximum Gasteiger partial charge on any atom is 0.230 e.